The number of rotatable bonds is 13. The fraction of sp³-hybridized carbons (Fsp3) is 0.133. The van der Waals surface area contributed by atoms with Crippen LogP contribution in [0.2, 0.25) is 0 Å². The molecule has 0 aliphatic heterocycles. The van der Waals surface area contributed by atoms with Crippen LogP contribution in [0.1, 0.15) is 11.1 Å². The molecule has 4 rings (SSSR count). The van der Waals surface area contributed by atoms with Crippen LogP contribution in [-0.4, -0.2) is 24.7 Å². The quantitative estimate of drug-likeness (QED) is 0.114. The van der Waals surface area contributed by atoms with Gasteiger partial charge in [-0.3, -0.25) is 4.52 Å². The van der Waals surface area contributed by atoms with Gasteiger partial charge >= 0.3 is 19.9 Å². The van der Waals surface area contributed by atoms with Crippen molar-refractivity contribution in [2.75, 3.05) is 6.61 Å². The number of hydrogen-bond acceptors (Lipinski definition) is 8. The van der Waals surface area contributed by atoms with Crippen molar-refractivity contribution in [1.82, 2.24) is 5.32 Å². The van der Waals surface area contributed by atoms with Crippen molar-refractivity contribution in [3.8, 4) is 11.5 Å². The second kappa shape index (κ2) is 14.5. The third-order valence-corrected chi connectivity index (χ3v) is 6.67. The number of para-hydroxylation sites is 2. The molecule has 10 heteroatoms. The molecule has 0 saturated heterocycles. The van der Waals surface area contributed by atoms with Crippen LogP contribution in [-0.2, 0) is 36.6 Å². The highest BCUT2D eigenvalue weighted by Crippen LogP contribution is 2.49. The summed E-state index contributed by atoms with van der Waals surface area (Å²) in [6.07, 6.45) is -0.892. The molecule has 4 aromatic rings. The lowest BCUT2D eigenvalue weighted by Gasteiger charge is -2.22. The molecule has 9 nitrogen and oxygen atoms in total. The Balaban J connectivity index is 1.47. The summed E-state index contributed by atoms with van der Waals surface area (Å²) in [6.45, 7) is -0.660. The topological polar surface area (TPSA) is 109 Å². The number of carbonyl (C=O) groups is 2. The van der Waals surface area contributed by atoms with Gasteiger partial charge in [0.2, 0.25) is 0 Å². The Morgan fingerprint density at radius 1 is 0.625 bits per heavy atom. The lowest BCUT2D eigenvalue weighted by Crippen LogP contribution is -2.45. The third-order valence-electron chi connectivity index (χ3n) is 5.33. The van der Waals surface area contributed by atoms with Gasteiger partial charge in [0.15, 0.2) is 6.04 Å². The first kappa shape index (κ1) is 28.4. The molecule has 0 bridgehead atoms. The van der Waals surface area contributed by atoms with Crippen molar-refractivity contribution in [3.63, 3.8) is 0 Å². The average Bonchev–Trinajstić information content (AvgIpc) is 2.99. The minimum Gasteiger partial charge on any atom is -0.459 e. The molecule has 1 N–H and O–H groups in total. The van der Waals surface area contributed by atoms with Crippen LogP contribution < -0.4 is 14.4 Å². The Morgan fingerprint density at radius 3 is 1.52 bits per heavy atom. The maximum Gasteiger partial charge on any atom is 0.587 e. The number of benzene rings is 4. The fourth-order valence-electron chi connectivity index (χ4n) is 3.36. The predicted molar refractivity (Wildman–Crippen MR) is 147 cm³/mol. The van der Waals surface area contributed by atoms with E-state index >= 15 is 0 Å². The predicted octanol–water partition coefficient (Wildman–Crippen LogP) is 6.31. The molecule has 0 aliphatic carbocycles. The highest BCUT2D eigenvalue weighted by molar-refractivity contribution is 7.49. The molecular formula is C30H28NO8P. The summed E-state index contributed by atoms with van der Waals surface area (Å²) in [5.74, 6) is -0.383. The fourth-order valence-corrected chi connectivity index (χ4v) is 4.60. The Morgan fingerprint density at radius 2 is 1.05 bits per heavy atom. The summed E-state index contributed by atoms with van der Waals surface area (Å²) in [5.41, 5.74) is 1.50. The van der Waals surface area contributed by atoms with Gasteiger partial charge in [-0.1, -0.05) is 97.1 Å². The van der Waals surface area contributed by atoms with Crippen molar-refractivity contribution in [2.24, 2.45) is 0 Å². The number of phosphoric ester groups is 1. The van der Waals surface area contributed by atoms with Crippen molar-refractivity contribution >= 4 is 19.9 Å². The van der Waals surface area contributed by atoms with E-state index in [0.717, 1.165) is 11.1 Å². The van der Waals surface area contributed by atoms with Crippen LogP contribution in [0.25, 0.3) is 0 Å². The molecule has 0 aromatic heterocycles. The lowest BCUT2D eigenvalue weighted by atomic mass is 10.2. The Kier molecular flexibility index (Phi) is 10.3. The molecule has 0 unspecified atom stereocenters. The first-order chi connectivity index (χ1) is 19.5. The van der Waals surface area contributed by atoms with Gasteiger partial charge in [-0.2, -0.15) is 0 Å². The molecule has 40 heavy (non-hydrogen) atoms. The normalized spacial score (nSPS) is 11.6. The molecule has 206 valence electrons. The molecule has 4 aromatic carbocycles. The number of hydrogen-bond donors (Lipinski definition) is 1. The van der Waals surface area contributed by atoms with E-state index in [-0.39, 0.29) is 24.7 Å². The van der Waals surface area contributed by atoms with E-state index < -0.39 is 32.5 Å². The Labute approximate surface area is 232 Å². The van der Waals surface area contributed by atoms with Crippen LogP contribution in [0.5, 0.6) is 11.5 Å². The summed E-state index contributed by atoms with van der Waals surface area (Å²) in [4.78, 5) is 25.6. The van der Waals surface area contributed by atoms with Gasteiger partial charge in [-0.05, 0) is 35.4 Å². The zero-order chi connectivity index (χ0) is 28.0. The minimum absolute atomic E-state index is 0.0218. The van der Waals surface area contributed by atoms with E-state index in [0.29, 0.717) is 0 Å². The molecule has 0 saturated carbocycles. The zero-order valence-corrected chi connectivity index (χ0v) is 22.4. The van der Waals surface area contributed by atoms with Crippen molar-refractivity contribution in [1.29, 1.82) is 0 Å². The molecule has 1 amide bonds. The summed E-state index contributed by atoms with van der Waals surface area (Å²) in [6, 6.07) is 33.3. The molecule has 0 aliphatic rings. The largest absolute Gasteiger partial charge is 0.587 e. The number of alkyl carbamates (subject to hydrolysis) is 1. The van der Waals surface area contributed by atoms with Crippen molar-refractivity contribution in [2.45, 2.75) is 19.3 Å². The van der Waals surface area contributed by atoms with Crippen LogP contribution in [0.3, 0.4) is 0 Å². The number of nitrogens with one attached hydrogen (secondary N) is 1. The van der Waals surface area contributed by atoms with Gasteiger partial charge in [0.05, 0.1) is 6.61 Å². The summed E-state index contributed by atoms with van der Waals surface area (Å²) in [7, 11) is -4.34. The Hall–Kier alpha value is -4.59. The number of ether oxygens (including phenoxy) is 2. The van der Waals surface area contributed by atoms with E-state index in [4.69, 9.17) is 23.0 Å². The van der Waals surface area contributed by atoms with Gasteiger partial charge < -0.3 is 23.8 Å². The standard InChI is InChI=1S/C30H28NO8P/c32-29(35-21-24-13-5-1-6-14-24)28(31-30(33)36-22-25-15-7-2-8-16-25)23-37-40(34,38-26-17-9-3-10-18-26)39-27-19-11-4-12-20-27/h1-20,28H,21-23H2,(H,31,33)/t28-/m0/s1/i23+1,28+1,29+1. The SMILES string of the molecule is O=C(N[13C@@H]([13CH2]OP(=O)(Oc1ccccc1)Oc1ccccc1)[13C](=O)OCc1ccccc1)OCc1ccccc1. The van der Waals surface area contributed by atoms with Gasteiger partial charge in [0.25, 0.3) is 0 Å². The molecule has 0 radical (unpaired) electrons. The lowest BCUT2D eigenvalue weighted by molar-refractivity contribution is -0.148. The van der Waals surface area contributed by atoms with E-state index in [1.54, 1.807) is 97.1 Å². The number of carbonyl (C=O) groups excluding carboxylic acids is 2. The number of esters is 1. The maximum absolute atomic E-state index is 13.7. The van der Waals surface area contributed by atoms with E-state index in [1.807, 2.05) is 24.3 Å². The minimum atomic E-state index is -4.34. The highest BCUT2D eigenvalue weighted by atomic mass is 31.2. The van der Waals surface area contributed by atoms with Crippen LogP contribution in [0.4, 0.5) is 4.79 Å². The summed E-state index contributed by atoms with van der Waals surface area (Å²) >= 11 is 0. The summed E-state index contributed by atoms with van der Waals surface area (Å²) < 4.78 is 41.1. The van der Waals surface area contributed by atoms with E-state index in [9.17, 15) is 14.2 Å². The van der Waals surface area contributed by atoms with Gasteiger partial charge in [-0.15, -0.1) is 0 Å². The Bertz CT molecular complexity index is 1340. The van der Waals surface area contributed by atoms with Gasteiger partial charge in [0.1, 0.15) is 24.7 Å². The summed E-state index contributed by atoms with van der Waals surface area (Å²) in [5, 5.41) is 2.43. The van der Waals surface area contributed by atoms with Crippen molar-refractivity contribution < 1.29 is 37.2 Å². The zero-order valence-electron chi connectivity index (χ0n) is 21.5. The van der Waals surface area contributed by atoms with E-state index in [1.165, 1.54) is 0 Å². The average molecular weight is 565 g/mol. The first-order valence-corrected chi connectivity index (χ1v) is 13.9. The second-order valence-corrected chi connectivity index (χ2v) is 9.92. The number of amides is 1. The molecule has 0 fully saturated rings. The first-order valence-electron chi connectivity index (χ1n) is 12.4. The molecule has 0 heterocycles. The van der Waals surface area contributed by atoms with Crippen molar-refractivity contribution in [3.05, 3.63) is 132 Å². The third kappa shape index (κ3) is 9.31. The van der Waals surface area contributed by atoms with Crippen LogP contribution in [0.15, 0.2) is 121 Å². The molecule has 1 atom stereocenters. The van der Waals surface area contributed by atoms with Gasteiger partial charge in [-0.25, -0.2) is 14.2 Å². The molecular weight excluding hydrogens is 536 g/mol. The second-order valence-electron chi connectivity index (χ2n) is 8.40. The highest BCUT2D eigenvalue weighted by Gasteiger charge is 2.35. The number of phosphoric acid groups is 1. The van der Waals surface area contributed by atoms with Crippen LogP contribution >= 0.6 is 7.82 Å². The van der Waals surface area contributed by atoms with Gasteiger partial charge in [0, 0.05) is 0 Å². The smallest absolute Gasteiger partial charge is 0.459 e. The molecule has 0 spiro atoms. The van der Waals surface area contributed by atoms with Crippen LogP contribution in [0, 0.1) is 0 Å². The maximum atomic E-state index is 13.7. The van der Waals surface area contributed by atoms with E-state index in [2.05, 4.69) is 5.32 Å². The monoisotopic (exact) mass is 564 g/mol.